The maximum atomic E-state index is 5.91. The van der Waals surface area contributed by atoms with Gasteiger partial charge in [-0.3, -0.25) is 0 Å². The normalized spacial score (nSPS) is 11.0. The number of aromatic nitrogens is 2. The predicted molar refractivity (Wildman–Crippen MR) is 74.4 cm³/mol. The molecule has 2 heterocycles. The Morgan fingerprint density at radius 3 is 2.94 bits per heavy atom. The van der Waals surface area contributed by atoms with Crippen molar-refractivity contribution in [3.8, 4) is 11.5 Å². The molecule has 0 bridgehead atoms. The van der Waals surface area contributed by atoms with Crippen molar-refractivity contribution < 1.29 is 4.42 Å². The van der Waals surface area contributed by atoms with Crippen LogP contribution in [0.15, 0.2) is 39.4 Å². The van der Waals surface area contributed by atoms with Crippen LogP contribution < -0.4 is 5.73 Å². The molecular weight excluding hydrogens is 318 g/mol. The minimum Gasteiger partial charge on any atom is -0.418 e. The molecule has 0 unspecified atom stereocenters. The van der Waals surface area contributed by atoms with E-state index in [1.807, 2.05) is 12.1 Å². The lowest BCUT2D eigenvalue weighted by Gasteiger charge is -2.00. The SMILES string of the molecule is Nc1ccc(Br)cc1-c1nc2cc(Cl)cnc2o1. The zero-order valence-electron chi connectivity index (χ0n) is 9.02. The van der Waals surface area contributed by atoms with Crippen molar-refractivity contribution in [2.75, 3.05) is 5.73 Å². The highest BCUT2D eigenvalue weighted by atomic mass is 79.9. The van der Waals surface area contributed by atoms with Crippen molar-refractivity contribution in [2.24, 2.45) is 0 Å². The van der Waals surface area contributed by atoms with Gasteiger partial charge in [0.2, 0.25) is 11.6 Å². The number of nitrogens with zero attached hydrogens (tertiary/aromatic N) is 2. The Morgan fingerprint density at radius 1 is 1.28 bits per heavy atom. The Morgan fingerprint density at radius 2 is 2.11 bits per heavy atom. The van der Waals surface area contributed by atoms with Crippen molar-refractivity contribution in [3.05, 3.63) is 40.0 Å². The highest BCUT2D eigenvalue weighted by Gasteiger charge is 2.12. The van der Waals surface area contributed by atoms with Gasteiger partial charge in [0.15, 0.2) is 0 Å². The molecule has 2 aromatic heterocycles. The fraction of sp³-hybridized carbons (Fsp3) is 0. The van der Waals surface area contributed by atoms with Gasteiger partial charge in [-0.25, -0.2) is 9.97 Å². The maximum Gasteiger partial charge on any atom is 0.247 e. The molecule has 0 radical (unpaired) electrons. The van der Waals surface area contributed by atoms with Crippen LogP contribution in [0.3, 0.4) is 0 Å². The van der Waals surface area contributed by atoms with Gasteiger partial charge in [0, 0.05) is 16.4 Å². The second-order valence-electron chi connectivity index (χ2n) is 3.73. The molecular formula is C12H7BrClN3O. The van der Waals surface area contributed by atoms with Crippen LogP contribution in [0.5, 0.6) is 0 Å². The number of fused-ring (bicyclic) bond motifs is 1. The molecule has 0 fully saturated rings. The lowest BCUT2D eigenvalue weighted by Crippen LogP contribution is -1.89. The van der Waals surface area contributed by atoms with E-state index in [4.69, 9.17) is 21.8 Å². The van der Waals surface area contributed by atoms with E-state index in [9.17, 15) is 0 Å². The molecule has 0 saturated heterocycles. The minimum atomic E-state index is 0.429. The van der Waals surface area contributed by atoms with E-state index in [1.54, 1.807) is 12.1 Å². The number of rotatable bonds is 1. The third-order valence-corrected chi connectivity index (χ3v) is 3.16. The van der Waals surface area contributed by atoms with E-state index >= 15 is 0 Å². The Hall–Kier alpha value is -1.59. The van der Waals surface area contributed by atoms with Crippen LogP contribution in [0.4, 0.5) is 5.69 Å². The van der Waals surface area contributed by atoms with Gasteiger partial charge in [0.1, 0.15) is 5.52 Å². The second-order valence-corrected chi connectivity index (χ2v) is 5.08. The van der Waals surface area contributed by atoms with E-state index in [-0.39, 0.29) is 0 Å². The molecule has 0 saturated carbocycles. The second kappa shape index (κ2) is 4.26. The molecule has 4 nitrogen and oxygen atoms in total. The molecule has 2 N–H and O–H groups in total. The van der Waals surface area contributed by atoms with E-state index in [0.29, 0.717) is 27.8 Å². The zero-order valence-corrected chi connectivity index (χ0v) is 11.4. The first-order valence-corrected chi connectivity index (χ1v) is 6.28. The Balaban J connectivity index is 2.22. The van der Waals surface area contributed by atoms with Crippen LogP contribution in [0.2, 0.25) is 5.02 Å². The summed E-state index contributed by atoms with van der Waals surface area (Å²) in [5.74, 6) is 0.429. The standard InChI is InChI=1S/C12H7BrClN3O/c13-6-1-2-9(15)8(3-6)11-17-10-4-7(14)5-16-12(10)18-11/h1-5H,15H2. The first kappa shape index (κ1) is 11.5. The minimum absolute atomic E-state index is 0.429. The summed E-state index contributed by atoms with van der Waals surface area (Å²) in [4.78, 5) is 8.40. The van der Waals surface area contributed by atoms with Gasteiger partial charge in [-0.15, -0.1) is 0 Å². The summed E-state index contributed by atoms with van der Waals surface area (Å²) < 4.78 is 6.47. The number of nitrogen functional groups attached to an aromatic ring is 1. The summed E-state index contributed by atoms with van der Waals surface area (Å²) in [5.41, 5.74) is 8.27. The van der Waals surface area contributed by atoms with Gasteiger partial charge < -0.3 is 10.2 Å². The van der Waals surface area contributed by atoms with E-state index < -0.39 is 0 Å². The van der Waals surface area contributed by atoms with Crippen molar-refractivity contribution >= 4 is 44.4 Å². The topological polar surface area (TPSA) is 64.9 Å². The highest BCUT2D eigenvalue weighted by molar-refractivity contribution is 9.10. The Labute approximate surface area is 116 Å². The number of oxazole rings is 1. The van der Waals surface area contributed by atoms with Crippen molar-refractivity contribution in [1.29, 1.82) is 0 Å². The van der Waals surface area contributed by atoms with Crippen LogP contribution in [0.25, 0.3) is 22.7 Å². The zero-order chi connectivity index (χ0) is 12.7. The largest absolute Gasteiger partial charge is 0.418 e. The van der Waals surface area contributed by atoms with Crippen LogP contribution in [-0.2, 0) is 0 Å². The van der Waals surface area contributed by atoms with Gasteiger partial charge in [0.25, 0.3) is 0 Å². The molecule has 0 aliphatic rings. The first-order chi connectivity index (χ1) is 8.63. The van der Waals surface area contributed by atoms with Crippen molar-refractivity contribution in [1.82, 2.24) is 9.97 Å². The summed E-state index contributed by atoms with van der Waals surface area (Å²) in [6.45, 7) is 0. The molecule has 0 atom stereocenters. The first-order valence-electron chi connectivity index (χ1n) is 5.11. The van der Waals surface area contributed by atoms with Gasteiger partial charge in [-0.2, -0.15) is 0 Å². The molecule has 90 valence electrons. The van der Waals surface area contributed by atoms with Gasteiger partial charge >= 0.3 is 0 Å². The van der Waals surface area contributed by atoms with E-state index in [2.05, 4.69) is 25.9 Å². The number of hydrogen-bond acceptors (Lipinski definition) is 4. The molecule has 0 amide bonds. The number of benzene rings is 1. The summed E-state index contributed by atoms with van der Waals surface area (Å²) in [6, 6.07) is 7.19. The lowest BCUT2D eigenvalue weighted by molar-refractivity contribution is 0.608. The molecule has 3 rings (SSSR count). The molecule has 3 aromatic rings. The molecule has 6 heteroatoms. The number of hydrogen-bond donors (Lipinski definition) is 1. The summed E-state index contributed by atoms with van der Waals surface area (Å²) in [6.07, 6.45) is 1.52. The summed E-state index contributed by atoms with van der Waals surface area (Å²) in [7, 11) is 0. The van der Waals surface area contributed by atoms with Crippen molar-refractivity contribution in [2.45, 2.75) is 0 Å². The van der Waals surface area contributed by atoms with Crippen molar-refractivity contribution in [3.63, 3.8) is 0 Å². The average molecular weight is 325 g/mol. The van der Waals surface area contributed by atoms with Crippen LogP contribution >= 0.6 is 27.5 Å². The third-order valence-electron chi connectivity index (χ3n) is 2.46. The number of halogens is 2. The fourth-order valence-electron chi connectivity index (χ4n) is 1.63. The lowest BCUT2D eigenvalue weighted by atomic mass is 10.2. The average Bonchev–Trinajstić information content (AvgIpc) is 2.74. The van der Waals surface area contributed by atoms with Crippen LogP contribution in [-0.4, -0.2) is 9.97 Å². The monoisotopic (exact) mass is 323 g/mol. The molecule has 0 aliphatic carbocycles. The van der Waals surface area contributed by atoms with Crippen LogP contribution in [0, 0.1) is 0 Å². The summed E-state index contributed by atoms with van der Waals surface area (Å²) in [5, 5.41) is 0.518. The van der Waals surface area contributed by atoms with Gasteiger partial charge in [0.05, 0.1) is 10.6 Å². The Kier molecular flexibility index (Phi) is 2.72. The molecule has 0 aliphatic heterocycles. The maximum absolute atomic E-state index is 5.91. The highest BCUT2D eigenvalue weighted by Crippen LogP contribution is 2.30. The molecule has 18 heavy (non-hydrogen) atoms. The fourth-order valence-corrected chi connectivity index (χ4v) is 2.14. The van der Waals surface area contributed by atoms with E-state index in [1.165, 1.54) is 6.20 Å². The van der Waals surface area contributed by atoms with Gasteiger partial charge in [-0.1, -0.05) is 27.5 Å². The number of anilines is 1. The third kappa shape index (κ3) is 1.95. The molecule has 1 aromatic carbocycles. The smallest absolute Gasteiger partial charge is 0.247 e. The van der Waals surface area contributed by atoms with Gasteiger partial charge in [-0.05, 0) is 24.3 Å². The number of pyridine rings is 1. The molecule has 0 spiro atoms. The van der Waals surface area contributed by atoms with Crippen LogP contribution in [0.1, 0.15) is 0 Å². The Bertz CT molecular complexity index is 741. The quantitative estimate of drug-likeness (QED) is 0.690. The van der Waals surface area contributed by atoms with E-state index in [0.717, 1.165) is 10.0 Å². The summed E-state index contributed by atoms with van der Waals surface area (Å²) >= 11 is 9.24. The predicted octanol–water partition coefficient (Wildman–Crippen LogP) is 3.89. The number of nitrogens with two attached hydrogens (primary N) is 1.